The van der Waals surface area contributed by atoms with Gasteiger partial charge in [-0.15, -0.1) is 4.91 Å². The lowest BCUT2D eigenvalue weighted by molar-refractivity contribution is -0.114. The van der Waals surface area contributed by atoms with E-state index in [1.54, 1.807) is 24.3 Å². The Morgan fingerprint density at radius 1 is 1.47 bits per heavy atom. The third kappa shape index (κ3) is 3.91. The number of nitriles is 1. The summed E-state index contributed by atoms with van der Waals surface area (Å²) in [5.74, 6) is -0.160. The summed E-state index contributed by atoms with van der Waals surface area (Å²) in [4.78, 5) is 21.4. The van der Waals surface area contributed by atoms with Gasteiger partial charge in [0.2, 0.25) is 5.91 Å². The van der Waals surface area contributed by atoms with Crippen molar-refractivity contribution < 1.29 is 4.79 Å². The van der Waals surface area contributed by atoms with E-state index in [0.29, 0.717) is 11.4 Å². The molecular formula is C11H12N4O2. The molecule has 0 heterocycles. The van der Waals surface area contributed by atoms with Crippen LogP contribution in [0.25, 0.3) is 0 Å². The fourth-order valence-corrected chi connectivity index (χ4v) is 1.29. The van der Waals surface area contributed by atoms with E-state index in [-0.39, 0.29) is 18.9 Å². The van der Waals surface area contributed by atoms with Crippen molar-refractivity contribution in [1.82, 2.24) is 0 Å². The molecule has 17 heavy (non-hydrogen) atoms. The molecule has 1 rings (SSSR count). The Hall–Kier alpha value is -2.42. The van der Waals surface area contributed by atoms with E-state index in [1.165, 1.54) is 11.9 Å². The molecule has 0 bridgehead atoms. The molecular weight excluding hydrogens is 220 g/mol. The summed E-state index contributed by atoms with van der Waals surface area (Å²) >= 11 is 0. The van der Waals surface area contributed by atoms with Crippen LogP contribution in [0.15, 0.2) is 29.6 Å². The number of benzene rings is 1. The standard InChI is InChI=1S/C11H12N4O2/c1-9(16)13-10-3-5-11(6-4-10)15(14-17)8-2-7-12/h3-6H,2,8H2,1H3,(H,13,16). The van der Waals surface area contributed by atoms with Crippen LogP contribution in [0.5, 0.6) is 0 Å². The van der Waals surface area contributed by atoms with Crippen LogP contribution in [0.4, 0.5) is 11.4 Å². The Balaban J connectivity index is 2.74. The normalized spacial score (nSPS) is 9.18. The number of anilines is 2. The number of hydrogen-bond acceptors (Lipinski definition) is 4. The van der Waals surface area contributed by atoms with E-state index < -0.39 is 0 Å². The molecule has 0 aliphatic carbocycles. The highest BCUT2D eigenvalue weighted by atomic mass is 16.3. The Morgan fingerprint density at radius 2 is 2.12 bits per heavy atom. The molecule has 88 valence electrons. The Labute approximate surface area is 98.8 Å². The number of rotatable bonds is 5. The van der Waals surface area contributed by atoms with E-state index in [0.717, 1.165) is 0 Å². The van der Waals surface area contributed by atoms with E-state index in [1.807, 2.05) is 6.07 Å². The van der Waals surface area contributed by atoms with Crippen LogP contribution in [-0.4, -0.2) is 12.5 Å². The molecule has 0 aromatic heterocycles. The van der Waals surface area contributed by atoms with Crippen LogP contribution in [0, 0.1) is 16.2 Å². The lowest BCUT2D eigenvalue weighted by Crippen LogP contribution is -2.16. The third-order valence-electron chi connectivity index (χ3n) is 2.02. The number of nitrogens with one attached hydrogen (secondary N) is 1. The second-order valence-electron chi connectivity index (χ2n) is 3.34. The second-order valence-corrected chi connectivity index (χ2v) is 3.34. The van der Waals surface area contributed by atoms with E-state index in [2.05, 4.69) is 10.6 Å². The Kier molecular flexibility index (Phi) is 4.63. The average molecular weight is 232 g/mol. The topological polar surface area (TPSA) is 85.6 Å². The Morgan fingerprint density at radius 3 is 2.59 bits per heavy atom. The van der Waals surface area contributed by atoms with Gasteiger partial charge in [-0.3, -0.25) is 4.79 Å². The summed E-state index contributed by atoms with van der Waals surface area (Å²) in [5, 5.41) is 15.1. The minimum absolute atomic E-state index is 0.160. The van der Waals surface area contributed by atoms with E-state index >= 15 is 0 Å². The third-order valence-corrected chi connectivity index (χ3v) is 2.02. The zero-order valence-corrected chi connectivity index (χ0v) is 9.38. The lowest BCUT2D eigenvalue weighted by Gasteiger charge is -2.13. The summed E-state index contributed by atoms with van der Waals surface area (Å²) in [5.41, 5.74) is 1.23. The maximum absolute atomic E-state index is 10.8. The van der Waals surface area contributed by atoms with Gasteiger partial charge in [0.1, 0.15) is 0 Å². The minimum Gasteiger partial charge on any atom is -0.326 e. The molecule has 6 heteroatoms. The molecule has 0 saturated heterocycles. The van der Waals surface area contributed by atoms with Gasteiger partial charge in [-0.05, 0) is 24.3 Å². The van der Waals surface area contributed by atoms with Gasteiger partial charge in [0.25, 0.3) is 0 Å². The van der Waals surface area contributed by atoms with Crippen LogP contribution >= 0.6 is 0 Å². The molecule has 0 atom stereocenters. The van der Waals surface area contributed by atoms with Crippen LogP contribution in [0.2, 0.25) is 0 Å². The van der Waals surface area contributed by atoms with Gasteiger partial charge < -0.3 is 5.32 Å². The highest BCUT2D eigenvalue weighted by Gasteiger charge is 2.06. The van der Waals surface area contributed by atoms with Crippen molar-refractivity contribution in [3.05, 3.63) is 29.2 Å². The molecule has 0 aliphatic heterocycles. The number of hydrogen-bond donors (Lipinski definition) is 1. The van der Waals surface area contributed by atoms with Crippen LogP contribution in [-0.2, 0) is 4.79 Å². The van der Waals surface area contributed by atoms with Crippen molar-refractivity contribution in [2.24, 2.45) is 5.29 Å². The number of nitrogens with zero attached hydrogens (tertiary/aromatic N) is 3. The summed E-state index contributed by atoms with van der Waals surface area (Å²) in [6, 6.07) is 8.59. The quantitative estimate of drug-likeness (QED) is 0.621. The molecule has 0 fully saturated rings. The van der Waals surface area contributed by atoms with Gasteiger partial charge in [-0.2, -0.15) is 5.26 Å². The fraction of sp³-hybridized carbons (Fsp3) is 0.273. The molecule has 0 radical (unpaired) electrons. The average Bonchev–Trinajstić information content (AvgIpc) is 2.31. The Bertz CT molecular complexity index is 436. The number of carbonyl (C=O) groups is 1. The van der Waals surface area contributed by atoms with Crippen molar-refractivity contribution in [2.75, 3.05) is 16.9 Å². The second kappa shape index (κ2) is 6.23. The highest BCUT2D eigenvalue weighted by molar-refractivity contribution is 5.88. The highest BCUT2D eigenvalue weighted by Crippen LogP contribution is 2.18. The number of carbonyl (C=O) groups excluding carboxylic acids is 1. The molecule has 1 N–H and O–H groups in total. The SMILES string of the molecule is CC(=O)Nc1ccc(N(CCC#N)N=O)cc1. The summed E-state index contributed by atoms with van der Waals surface area (Å²) in [7, 11) is 0. The molecule has 0 saturated carbocycles. The minimum atomic E-state index is -0.160. The van der Waals surface area contributed by atoms with Gasteiger partial charge in [0, 0.05) is 12.6 Å². The predicted molar refractivity (Wildman–Crippen MR) is 64.1 cm³/mol. The smallest absolute Gasteiger partial charge is 0.221 e. The van der Waals surface area contributed by atoms with Crippen LogP contribution in [0.3, 0.4) is 0 Å². The first-order chi connectivity index (χ1) is 8.17. The molecule has 0 spiro atoms. The predicted octanol–water partition coefficient (Wildman–Crippen LogP) is 2.05. The van der Waals surface area contributed by atoms with E-state index in [4.69, 9.17) is 5.26 Å². The maximum atomic E-state index is 10.8. The van der Waals surface area contributed by atoms with Crippen molar-refractivity contribution in [3.63, 3.8) is 0 Å². The molecule has 1 aromatic carbocycles. The largest absolute Gasteiger partial charge is 0.326 e. The molecule has 0 aliphatic rings. The molecule has 1 amide bonds. The van der Waals surface area contributed by atoms with Gasteiger partial charge in [0.15, 0.2) is 0 Å². The molecule has 6 nitrogen and oxygen atoms in total. The number of nitroso groups, excluding NO2 is 1. The lowest BCUT2D eigenvalue weighted by atomic mass is 10.2. The van der Waals surface area contributed by atoms with Gasteiger partial charge in [0.05, 0.1) is 30.0 Å². The monoisotopic (exact) mass is 232 g/mol. The first kappa shape index (κ1) is 12.6. The zero-order valence-electron chi connectivity index (χ0n) is 9.38. The van der Waals surface area contributed by atoms with Crippen molar-refractivity contribution in [2.45, 2.75) is 13.3 Å². The van der Waals surface area contributed by atoms with Gasteiger partial charge in [-0.25, -0.2) is 5.01 Å². The van der Waals surface area contributed by atoms with Crippen LogP contribution in [0.1, 0.15) is 13.3 Å². The fourth-order valence-electron chi connectivity index (χ4n) is 1.29. The van der Waals surface area contributed by atoms with Crippen molar-refractivity contribution in [1.29, 1.82) is 5.26 Å². The number of amides is 1. The first-order valence-corrected chi connectivity index (χ1v) is 5.03. The first-order valence-electron chi connectivity index (χ1n) is 5.03. The molecule has 0 unspecified atom stereocenters. The van der Waals surface area contributed by atoms with E-state index in [9.17, 15) is 9.70 Å². The zero-order chi connectivity index (χ0) is 12.7. The summed E-state index contributed by atoms with van der Waals surface area (Å²) < 4.78 is 0. The molecule has 1 aromatic rings. The van der Waals surface area contributed by atoms with Gasteiger partial charge in [-0.1, -0.05) is 0 Å². The summed E-state index contributed by atoms with van der Waals surface area (Å²) in [6.45, 7) is 1.67. The van der Waals surface area contributed by atoms with Gasteiger partial charge >= 0.3 is 0 Å². The van der Waals surface area contributed by atoms with Crippen molar-refractivity contribution in [3.8, 4) is 6.07 Å². The summed E-state index contributed by atoms with van der Waals surface area (Å²) in [6.07, 6.45) is 0.221. The van der Waals surface area contributed by atoms with Crippen molar-refractivity contribution >= 4 is 17.3 Å². The van der Waals surface area contributed by atoms with Crippen LogP contribution < -0.4 is 10.3 Å². The maximum Gasteiger partial charge on any atom is 0.221 e.